The van der Waals surface area contributed by atoms with Crippen molar-refractivity contribution in [2.24, 2.45) is 0 Å². The zero-order valence-electron chi connectivity index (χ0n) is 11.4. The van der Waals surface area contributed by atoms with Crippen LogP contribution in [-0.2, 0) is 17.6 Å². The third-order valence-electron chi connectivity index (χ3n) is 3.38. The summed E-state index contributed by atoms with van der Waals surface area (Å²) < 4.78 is 0.977. The number of para-hydroxylation sites is 1. The summed E-state index contributed by atoms with van der Waals surface area (Å²) in [5.41, 5.74) is 2.78. The minimum atomic E-state index is 0.171. The van der Waals surface area contributed by atoms with Gasteiger partial charge < -0.3 is 0 Å². The van der Waals surface area contributed by atoms with E-state index in [2.05, 4.69) is 20.9 Å². The fraction of sp³-hybridized carbons (Fsp3) is 0.111. The number of rotatable bonds is 4. The number of fused-ring (bicyclic) bond motifs is 1. The van der Waals surface area contributed by atoms with Crippen LogP contribution in [0.5, 0.6) is 0 Å². The van der Waals surface area contributed by atoms with E-state index in [-0.39, 0.29) is 5.78 Å². The molecule has 2 nitrogen and oxygen atoms in total. The van der Waals surface area contributed by atoms with Crippen molar-refractivity contribution < 1.29 is 4.79 Å². The van der Waals surface area contributed by atoms with Gasteiger partial charge in [0.1, 0.15) is 5.78 Å². The van der Waals surface area contributed by atoms with Crippen LogP contribution in [0.3, 0.4) is 0 Å². The monoisotopic (exact) mass is 339 g/mol. The van der Waals surface area contributed by atoms with E-state index in [1.807, 2.05) is 60.7 Å². The first-order chi connectivity index (χ1) is 10.2. The molecule has 0 aliphatic carbocycles. The van der Waals surface area contributed by atoms with Crippen LogP contribution in [0.2, 0.25) is 0 Å². The summed E-state index contributed by atoms with van der Waals surface area (Å²) in [7, 11) is 0. The lowest BCUT2D eigenvalue weighted by molar-refractivity contribution is -0.117. The van der Waals surface area contributed by atoms with Crippen molar-refractivity contribution in [2.75, 3.05) is 0 Å². The summed E-state index contributed by atoms with van der Waals surface area (Å²) in [5.74, 6) is 0.171. The number of pyridine rings is 1. The number of aromatic nitrogens is 1. The highest BCUT2D eigenvalue weighted by atomic mass is 79.9. The lowest BCUT2D eigenvalue weighted by Crippen LogP contribution is -2.08. The van der Waals surface area contributed by atoms with Crippen LogP contribution in [0.25, 0.3) is 10.9 Å². The van der Waals surface area contributed by atoms with Gasteiger partial charge in [-0.15, -0.1) is 0 Å². The lowest BCUT2D eigenvalue weighted by Gasteiger charge is -2.05. The number of hydrogen-bond acceptors (Lipinski definition) is 2. The van der Waals surface area contributed by atoms with E-state index in [0.717, 1.165) is 26.6 Å². The van der Waals surface area contributed by atoms with Gasteiger partial charge in [-0.3, -0.25) is 9.78 Å². The summed E-state index contributed by atoms with van der Waals surface area (Å²) in [6.45, 7) is 0. The second kappa shape index (κ2) is 6.19. The molecule has 0 saturated heterocycles. The number of carbonyl (C=O) groups excluding carboxylic acids is 1. The molecule has 0 amide bonds. The molecular weight excluding hydrogens is 326 g/mol. The van der Waals surface area contributed by atoms with Gasteiger partial charge in [-0.2, -0.15) is 0 Å². The van der Waals surface area contributed by atoms with Gasteiger partial charge in [0.2, 0.25) is 0 Å². The Hall–Kier alpha value is -2.00. The first-order valence-electron chi connectivity index (χ1n) is 6.82. The number of ketones is 1. The molecule has 0 atom stereocenters. The first-order valence-corrected chi connectivity index (χ1v) is 7.61. The van der Waals surface area contributed by atoms with Crippen LogP contribution >= 0.6 is 15.9 Å². The summed E-state index contributed by atoms with van der Waals surface area (Å²) >= 11 is 3.47. The highest BCUT2D eigenvalue weighted by Crippen LogP contribution is 2.17. The molecule has 1 heterocycles. The summed E-state index contributed by atoms with van der Waals surface area (Å²) in [6, 6.07) is 19.7. The van der Waals surface area contributed by atoms with Crippen LogP contribution in [0.1, 0.15) is 11.3 Å². The van der Waals surface area contributed by atoms with Crippen LogP contribution < -0.4 is 0 Å². The van der Waals surface area contributed by atoms with Gasteiger partial charge in [0, 0.05) is 28.4 Å². The quantitative estimate of drug-likeness (QED) is 0.707. The molecule has 0 aliphatic rings. The Kier molecular flexibility index (Phi) is 4.11. The Balaban J connectivity index is 1.75. The van der Waals surface area contributed by atoms with Gasteiger partial charge in [-0.05, 0) is 23.8 Å². The van der Waals surface area contributed by atoms with Gasteiger partial charge in [-0.1, -0.05) is 58.4 Å². The van der Waals surface area contributed by atoms with Gasteiger partial charge in [0.05, 0.1) is 5.52 Å². The molecule has 0 spiro atoms. The topological polar surface area (TPSA) is 30.0 Å². The van der Waals surface area contributed by atoms with E-state index in [1.165, 1.54) is 0 Å². The number of Topliss-reactive ketones (excluding diaryl/α,β-unsaturated/α-hetero) is 1. The van der Waals surface area contributed by atoms with E-state index in [9.17, 15) is 4.79 Å². The van der Waals surface area contributed by atoms with Crippen molar-refractivity contribution in [3.8, 4) is 0 Å². The Morgan fingerprint density at radius 1 is 0.905 bits per heavy atom. The number of carbonyl (C=O) groups is 1. The maximum atomic E-state index is 12.2. The molecule has 0 N–H and O–H groups in total. The summed E-state index contributed by atoms with van der Waals surface area (Å²) in [4.78, 5) is 16.8. The molecule has 0 unspecified atom stereocenters. The maximum absolute atomic E-state index is 12.2. The minimum absolute atomic E-state index is 0.171. The zero-order chi connectivity index (χ0) is 14.7. The standard InChI is InChI=1S/C18H14BrNO/c19-17-7-3-1-6-14(17)11-16(21)12-15-10-9-13-5-2-4-8-18(13)20-15/h1-10H,11-12H2. The van der Waals surface area contributed by atoms with Crippen molar-refractivity contribution >= 4 is 32.6 Å². The predicted octanol–water partition coefficient (Wildman–Crippen LogP) is 4.35. The van der Waals surface area contributed by atoms with Crippen LogP contribution in [-0.4, -0.2) is 10.8 Å². The van der Waals surface area contributed by atoms with E-state index in [0.29, 0.717) is 12.8 Å². The average Bonchev–Trinajstić information content (AvgIpc) is 2.49. The number of nitrogens with zero attached hydrogens (tertiary/aromatic N) is 1. The second-order valence-corrected chi connectivity index (χ2v) is 5.83. The van der Waals surface area contributed by atoms with E-state index < -0.39 is 0 Å². The zero-order valence-corrected chi connectivity index (χ0v) is 13.0. The van der Waals surface area contributed by atoms with Crippen molar-refractivity contribution in [2.45, 2.75) is 12.8 Å². The maximum Gasteiger partial charge on any atom is 0.143 e. The molecule has 3 heteroatoms. The highest BCUT2D eigenvalue weighted by Gasteiger charge is 2.09. The third-order valence-corrected chi connectivity index (χ3v) is 4.15. The Morgan fingerprint density at radius 2 is 1.67 bits per heavy atom. The fourth-order valence-corrected chi connectivity index (χ4v) is 2.75. The van der Waals surface area contributed by atoms with Crippen LogP contribution in [0.15, 0.2) is 65.1 Å². The van der Waals surface area contributed by atoms with Gasteiger partial charge in [-0.25, -0.2) is 0 Å². The van der Waals surface area contributed by atoms with Gasteiger partial charge >= 0.3 is 0 Å². The smallest absolute Gasteiger partial charge is 0.143 e. The summed E-state index contributed by atoms with van der Waals surface area (Å²) in [6.07, 6.45) is 0.794. The molecule has 3 rings (SSSR count). The number of benzene rings is 2. The molecule has 0 bridgehead atoms. The average molecular weight is 340 g/mol. The van der Waals surface area contributed by atoms with Crippen LogP contribution in [0.4, 0.5) is 0 Å². The van der Waals surface area contributed by atoms with E-state index in [4.69, 9.17) is 0 Å². The number of halogens is 1. The fourth-order valence-electron chi connectivity index (χ4n) is 2.33. The lowest BCUT2D eigenvalue weighted by atomic mass is 10.0. The van der Waals surface area contributed by atoms with Crippen molar-refractivity contribution in [1.82, 2.24) is 4.98 Å². The molecule has 21 heavy (non-hydrogen) atoms. The van der Waals surface area contributed by atoms with Crippen molar-refractivity contribution in [3.05, 3.63) is 76.4 Å². The molecule has 2 aromatic carbocycles. The van der Waals surface area contributed by atoms with Crippen molar-refractivity contribution in [1.29, 1.82) is 0 Å². The van der Waals surface area contributed by atoms with E-state index in [1.54, 1.807) is 0 Å². The molecule has 1 aromatic heterocycles. The molecule has 104 valence electrons. The van der Waals surface area contributed by atoms with Crippen molar-refractivity contribution in [3.63, 3.8) is 0 Å². The third kappa shape index (κ3) is 3.37. The van der Waals surface area contributed by atoms with Gasteiger partial charge in [0.25, 0.3) is 0 Å². The Morgan fingerprint density at radius 3 is 2.52 bits per heavy atom. The largest absolute Gasteiger partial charge is 0.299 e. The molecule has 0 fully saturated rings. The summed E-state index contributed by atoms with van der Waals surface area (Å²) in [5, 5.41) is 1.10. The highest BCUT2D eigenvalue weighted by molar-refractivity contribution is 9.10. The molecule has 3 aromatic rings. The van der Waals surface area contributed by atoms with Gasteiger partial charge in [0.15, 0.2) is 0 Å². The SMILES string of the molecule is O=C(Cc1ccc2ccccc2n1)Cc1ccccc1Br. The molecule has 0 aliphatic heterocycles. The van der Waals surface area contributed by atoms with E-state index >= 15 is 0 Å². The molecular formula is C18H14BrNO. The number of hydrogen-bond donors (Lipinski definition) is 0. The Bertz CT molecular complexity index is 798. The normalized spacial score (nSPS) is 10.7. The molecule has 0 radical (unpaired) electrons. The predicted molar refractivity (Wildman–Crippen MR) is 88.3 cm³/mol. The Labute approximate surface area is 132 Å². The van der Waals surface area contributed by atoms with Crippen LogP contribution in [0, 0.1) is 0 Å². The second-order valence-electron chi connectivity index (χ2n) is 4.98. The minimum Gasteiger partial charge on any atom is -0.299 e. The molecule has 0 saturated carbocycles. The first kappa shape index (κ1) is 14.0.